The van der Waals surface area contributed by atoms with Crippen LogP contribution in [0, 0.1) is 0 Å². The van der Waals surface area contributed by atoms with E-state index in [4.69, 9.17) is 18.9 Å². The third-order valence-electron chi connectivity index (χ3n) is 14.2. The molecule has 0 bridgehead atoms. The van der Waals surface area contributed by atoms with Gasteiger partial charge in [0.1, 0.15) is 13.2 Å². The molecule has 0 aliphatic heterocycles. The molecule has 0 aliphatic carbocycles. The number of ether oxygens (including phenoxy) is 4. The van der Waals surface area contributed by atoms with Gasteiger partial charge in [-0.2, -0.15) is 0 Å². The fourth-order valence-electron chi connectivity index (χ4n) is 9.23. The molecule has 448 valence electrons. The summed E-state index contributed by atoms with van der Waals surface area (Å²) in [7, 11) is 5.98. The first kappa shape index (κ1) is 74.0. The average molecular weight is 1080 g/mol. The normalized spacial score (nSPS) is 13.1. The van der Waals surface area contributed by atoms with Gasteiger partial charge in [0.25, 0.3) is 6.29 Å². The van der Waals surface area contributed by atoms with Gasteiger partial charge in [0.05, 0.1) is 34.4 Å². The minimum atomic E-state index is -1.51. The predicted molar refractivity (Wildman–Crippen MR) is 327 cm³/mol. The summed E-state index contributed by atoms with van der Waals surface area (Å²) in [4.78, 5) is 37.5. The molecule has 2 unspecified atom stereocenters. The molecule has 0 aromatic carbocycles. The zero-order valence-electron chi connectivity index (χ0n) is 51.1. The van der Waals surface area contributed by atoms with E-state index < -0.39 is 24.3 Å². The molecule has 9 nitrogen and oxygen atoms in total. The third kappa shape index (κ3) is 60.5. The number of quaternary nitrogens is 1. The van der Waals surface area contributed by atoms with Gasteiger partial charge in [-0.1, -0.05) is 261 Å². The van der Waals surface area contributed by atoms with Gasteiger partial charge >= 0.3 is 17.9 Å². The van der Waals surface area contributed by atoms with Gasteiger partial charge in [-0.05, 0) is 83.5 Å². The van der Waals surface area contributed by atoms with Crippen molar-refractivity contribution in [1.29, 1.82) is 0 Å². The number of unbranched alkanes of at least 4 members (excludes halogenated alkanes) is 35. The van der Waals surface area contributed by atoms with Crippen LogP contribution >= 0.6 is 0 Å². The Bertz CT molecular complexity index is 1450. The lowest BCUT2D eigenvalue weighted by atomic mass is 10.0. The number of allylic oxidation sites excluding steroid dienone is 10. The fraction of sp³-hybridized carbons (Fsp3) is 0.809. The maximum absolute atomic E-state index is 12.9. The number of likely N-dealkylation sites (N-methyl/N-ethyl adjacent to an activating group) is 1. The van der Waals surface area contributed by atoms with Crippen LogP contribution in [0.25, 0.3) is 0 Å². The van der Waals surface area contributed by atoms with Crippen LogP contribution < -0.4 is 0 Å². The largest absolute Gasteiger partial charge is 0.477 e. The Kier molecular flexibility index (Phi) is 56.8. The van der Waals surface area contributed by atoms with Gasteiger partial charge in [-0.3, -0.25) is 9.59 Å². The lowest BCUT2D eigenvalue weighted by molar-refractivity contribution is -0.870. The highest BCUT2D eigenvalue weighted by Gasteiger charge is 2.25. The van der Waals surface area contributed by atoms with Crippen LogP contribution in [0.3, 0.4) is 0 Å². The fourth-order valence-corrected chi connectivity index (χ4v) is 9.23. The predicted octanol–water partition coefficient (Wildman–Crippen LogP) is 19.6. The Morgan fingerprint density at radius 1 is 0.390 bits per heavy atom. The van der Waals surface area contributed by atoms with Crippen LogP contribution in [0.1, 0.15) is 296 Å². The second-order valence-corrected chi connectivity index (χ2v) is 23.1. The highest BCUT2D eigenvalue weighted by Crippen LogP contribution is 2.17. The van der Waals surface area contributed by atoms with E-state index in [9.17, 15) is 19.5 Å². The van der Waals surface area contributed by atoms with Crippen molar-refractivity contribution in [2.75, 3.05) is 47.5 Å². The van der Waals surface area contributed by atoms with Crippen LogP contribution in [0.5, 0.6) is 0 Å². The molecule has 77 heavy (non-hydrogen) atoms. The van der Waals surface area contributed by atoms with E-state index in [-0.39, 0.29) is 32.2 Å². The quantitative estimate of drug-likeness (QED) is 0.0211. The molecule has 0 saturated carbocycles. The first-order valence-electron chi connectivity index (χ1n) is 32.5. The molecule has 2 atom stereocenters. The maximum Gasteiger partial charge on any atom is 0.361 e. The van der Waals surface area contributed by atoms with Gasteiger partial charge in [0.2, 0.25) is 0 Å². The van der Waals surface area contributed by atoms with E-state index in [0.717, 1.165) is 57.8 Å². The summed E-state index contributed by atoms with van der Waals surface area (Å²) in [6.45, 7) is 4.89. The first-order chi connectivity index (χ1) is 37.6. The number of carboxylic acid groups (broad SMARTS) is 1. The summed E-state index contributed by atoms with van der Waals surface area (Å²) in [6, 6.07) is 0. The Hall–Kier alpha value is -3.01. The van der Waals surface area contributed by atoms with Crippen molar-refractivity contribution in [2.24, 2.45) is 0 Å². The topological polar surface area (TPSA) is 108 Å². The number of carbonyl (C=O) groups is 3. The van der Waals surface area contributed by atoms with Gasteiger partial charge in [-0.15, -0.1) is 0 Å². The smallest absolute Gasteiger partial charge is 0.361 e. The van der Waals surface area contributed by atoms with Crippen molar-refractivity contribution in [2.45, 2.75) is 309 Å². The van der Waals surface area contributed by atoms with E-state index >= 15 is 0 Å². The third-order valence-corrected chi connectivity index (χ3v) is 14.2. The second kappa shape index (κ2) is 59.1. The standard InChI is InChI=1S/C68H123NO8/c1-6-8-10-12-14-16-18-20-22-24-26-28-30-32-33-35-37-39-41-43-45-47-49-51-53-55-57-59-66(71)77-64(63-76-68(67(72)73)74-61-60-69(3,4)5)62-75-65(70)58-56-54-52-50-48-46-44-42-40-38-36-34-31-29-27-25-23-21-19-17-15-13-11-9-7-2/h18-21,24-27,30,32,64,68H,6-17,22-23,28-29,31,33-63H2,1-5H3/p+1/b20-18-,21-19-,26-24-,27-25-,32-30-. The highest BCUT2D eigenvalue weighted by atomic mass is 16.7. The number of aliphatic carboxylic acids is 1. The van der Waals surface area contributed by atoms with Crippen molar-refractivity contribution < 1.29 is 42.9 Å². The lowest BCUT2D eigenvalue weighted by Gasteiger charge is -2.25. The molecule has 0 aromatic heterocycles. The molecule has 9 heteroatoms. The minimum absolute atomic E-state index is 0.183. The van der Waals surface area contributed by atoms with Crippen LogP contribution in [-0.2, 0) is 33.3 Å². The summed E-state index contributed by atoms with van der Waals surface area (Å²) in [5.41, 5.74) is 0. The summed E-state index contributed by atoms with van der Waals surface area (Å²) in [6.07, 6.45) is 73.1. The molecular formula is C68H124NO8+. The summed E-state index contributed by atoms with van der Waals surface area (Å²) < 4.78 is 23.0. The summed E-state index contributed by atoms with van der Waals surface area (Å²) in [5.74, 6) is -2.00. The molecule has 0 heterocycles. The van der Waals surface area contributed by atoms with Gasteiger partial charge in [-0.25, -0.2) is 4.79 Å². The molecule has 0 aliphatic rings. The van der Waals surface area contributed by atoms with Crippen molar-refractivity contribution in [3.05, 3.63) is 60.8 Å². The van der Waals surface area contributed by atoms with Gasteiger partial charge < -0.3 is 28.5 Å². The second-order valence-electron chi connectivity index (χ2n) is 23.1. The zero-order chi connectivity index (χ0) is 56.2. The summed E-state index contributed by atoms with van der Waals surface area (Å²) >= 11 is 0. The van der Waals surface area contributed by atoms with Crippen molar-refractivity contribution in [1.82, 2.24) is 0 Å². The molecule has 1 N–H and O–H groups in total. The molecule has 0 fully saturated rings. The van der Waals surface area contributed by atoms with E-state index in [1.807, 2.05) is 21.1 Å². The molecule has 0 radical (unpaired) electrons. The zero-order valence-corrected chi connectivity index (χ0v) is 51.1. The average Bonchev–Trinajstić information content (AvgIpc) is 3.40. The number of hydrogen-bond donors (Lipinski definition) is 1. The lowest BCUT2D eigenvalue weighted by Crippen LogP contribution is -2.40. The Morgan fingerprint density at radius 2 is 0.701 bits per heavy atom. The monoisotopic (exact) mass is 1080 g/mol. The molecule has 0 spiro atoms. The van der Waals surface area contributed by atoms with Crippen molar-refractivity contribution >= 4 is 17.9 Å². The number of esters is 2. The number of carbonyl (C=O) groups excluding carboxylic acids is 2. The van der Waals surface area contributed by atoms with Crippen molar-refractivity contribution in [3.63, 3.8) is 0 Å². The Labute approximate surface area is 475 Å². The number of hydrogen-bond acceptors (Lipinski definition) is 7. The molecule has 0 aromatic rings. The molecule has 0 saturated heterocycles. The highest BCUT2D eigenvalue weighted by molar-refractivity contribution is 5.71. The van der Waals surface area contributed by atoms with Crippen LogP contribution in [-0.4, -0.2) is 87.4 Å². The van der Waals surface area contributed by atoms with Gasteiger partial charge in [0.15, 0.2) is 6.10 Å². The molecule has 0 rings (SSSR count). The van der Waals surface area contributed by atoms with Crippen LogP contribution in [0.4, 0.5) is 0 Å². The molecule has 0 amide bonds. The number of carboxylic acids is 1. The number of nitrogens with zero attached hydrogens (tertiary/aromatic N) is 1. The molecular weight excluding hydrogens is 959 g/mol. The Morgan fingerprint density at radius 3 is 1.04 bits per heavy atom. The van der Waals surface area contributed by atoms with E-state index in [0.29, 0.717) is 17.4 Å². The minimum Gasteiger partial charge on any atom is -0.477 e. The van der Waals surface area contributed by atoms with E-state index in [2.05, 4.69) is 74.6 Å². The van der Waals surface area contributed by atoms with Crippen molar-refractivity contribution in [3.8, 4) is 0 Å². The number of rotatable bonds is 60. The van der Waals surface area contributed by atoms with Crippen LogP contribution in [0.15, 0.2) is 60.8 Å². The Balaban J connectivity index is 4.17. The van der Waals surface area contributed by atoms with Crippen LogP contribution in [0.2, 0.25) is 0 Å². The maximum atomic E-state index is 12.9. The summed E-state index contributed by atoms with van der Waals surface area (Å²) in [5, 5.41) is 9.73. The van der Waals surface area contributed by atoms with E-state index in [1.54, 1.807) is 0 Å². The first-order valence-corrected chi connectivity index (χ1v) is 32.5. The SMILES string of the molecule is CCCCCCC/C=C\C/C=C\C/C=C\CCCCCCCCCCCCCCC(=O)OC(COC(=O)CCCCCCCCCCCCCCC/C=C\C/C=C\CCCCCCC)COC(OCC[N+](C)(C)C)C(=O)O. The van der Waals surface area contributed by atoms with E-state index in [1.165, 1.54) is 212 Å². The van der Waals surface area contributed by atoms with Gasteiger partial charge in [0, 0.05) is 12.8 Å².